The van der Waals surface area contributed by atoms with E-state index in [0.29, 0.717) is 6.42 Å². The van der Waals surface area contributed by atoms with E-state index < -0.39 is 27.7 Å². The molecule has 0 aromatic carbocycles. The lowest BCUT2D eigenvalue weighted by molar-refractivity contribution is -0.140. The molecule has 0 radical (unpaired) electrons. The molecule has 7 nitrogen and oxygen atoms in total. The molecule has 8 heteroatoms. The maximum atomic E-state index is 11.3. The Balaban J connectivity index is 4.10. The lowest BCUT2D eigenvalue weighted by Crippen LogP contribution is -2.33. The van der Waals surface area contributed by atoms with Crippen LogP contribution in [0.4, 0.5) is 0 Å². The van der Waals surface area contributed by atoms with Crippen molar-refractivity contribution >= 4 is 22.0 Å². The quantitative estimate of drug-likeness (QED) is 0.601. The third-order valence-electron chi connectivity index (χ3n) is 1.86. The molecule has 0 heterocycles. The van der Waals surface area contributed by atoms with Crippen LogP contribution in [0.15, 0.2) is 0 Å². The standard InChI is InChI=1S/C8H15NO6S/c1-9(5-3-4-8(12)15-2)16(13,14)6-7(10)11/h3-6H2,1-2H3,(H,10,11). The maximum absolute atomic E-state index is 11.3. The summed E-state index contributed by atoms with van der Waals surface area (Å²) < 4.78 is 27.9. The van der Waals surface area contributed by atoms with Crippen molar-refractivity contribution in [1.29, 1.82) is 0 Å². The van der Waals surface area contributed by atoms with Gasteiger partial charge in [-0.2, -0.15) is 0 Å². The number of aliphatic carboxylic acids is 1. The number of rotatable bonds is 7. The number of carbonyl (C=O) groups excluding carboxylic acids is 1. The first-order valence-corrected chi connectivity index (χ1v) is 6.13. The highest BCUT2D eigenvalue weighted by molar-refractivity contribution is 7.89. The van der Waals surface area contributed by atoms with Crippen LogP contribution >= 0.6 is 0 Å². The van der Waals surface area contributed by atoms with Crippen molar-refractivity contribution in [1.82, 2.24) is 4.31 Å². The predicted octanol–water partition coefficient (Wildman–Crippen LogP) is -0.714. The third kappa shape index (κ3) is 5.66. The molecule has 0 atom stereocenters. The summed E-state index contributed by atoms with van der Waals surface area (Å²) in [6.45, 7) is 0.0880. The lowest BCUT2D eigenvalue weighted by Gasteiger charge is -2.15. The van der Waals surface area contributed by atoms with Crippen molar-refractivity contribution in [2.45, 2.75) is 12.8 Å². The van der Waals surface area contributed by atoms with E-state index in [-0.39, 0.29) is 13.0 Å². The summed E-state index contributed by atoms with van der Waals surface area (Å²) in [7, 11) is -1.27. The van der Waals surface area contributed by atoms with Gasteiger partial charge in [0.15, 0.2) is 5.75 Å². The molecule has 0 aliphatic carbocycles. The van der Waals surface area contributed by atoms with Crippen LogP contribution in [0.25, 0.3) is 0 Å². The molecule has 16 heavy (non-hydrogen) atoms. The zero-order chi connectivity index (χ0) is 12.8. The fourth-order valence-corrected chi connectivity index (χ4v) is 1.89. The van der Waals surface area contributed by atoms with Gasteiger partial charge in [0.2, 0.25) is 10.0 Å². The van der Waals surface area contributed by atoms with Crippen LogP contribution in [-0.2, 0) is 24.3 Å². The van der Waals surface area contributed by atoms with E-state index in [1.165, 1.54) is 14.2 Å². The monoisotopic (exact) mass is 253 g/mol. The Morgan fingerprint density at radius 2 is 1.94 bits per heavy atom. The molecular weight excluding hydrogens is 238 g/mol. The Labute approximate surface area is 94.0 Å². The topological polar surface area (TPSA) is 101 Å². The van der Waals surface area contributed by atoms with Gasteiger partial charge in [0.25, 0.3) is 0 Å². The van der Waals surface area contributed by atoms with Gasteiger partial charge >= 0.3 is 11.9 Å². The minimum absolute atomic E-state index is 0.0880. The molecule has 0 rings (SSSR count). The number of hydrogen-bond acceptors (Lipinski definition) is 5. The van der Waals surface area contributed by atoms with Crippen LogP contribution in [0, 0.1) is 0 Å². The predicted molar refractivity (Wildman–Crippen MR) is 55.3 cm³/mol. The molecule has 0 spiro atoms. The normalized spacial score (nSPS) is 11.4. The number of ether oxygens (including phenoxy) is 1. The summed E-state index contributed by atoms with van der Waals surface area (Å²) in [5, 5.41) is 8.37. The number of carboxylic acid groups (broad SMARTS) is 1. The summed E-state index contributed by atoms with van der Waals surface area (Å²) in [5.74, 6) is -2.77. The Hall–Kier alpha value is -1.15. The first-order valence-electron chi connectivity index (χ1n) is 4.52. The molecule has 0 amide bonds. The number of nitrogens with zero attached hydrogens (tertiary/aromatic N) is 1. The Morgan fingerprint density at radius 3 is 2.38 bits per heavy atom. The second kappa shape index (κ2) is 6.44. The molecule has 1 N–H and O–H groups in total. The summed E-state index contributed by atoms with van der Waals surface area (Å²) in [5.41, 5.74) is 0. The van der Waals surface area contributed by atoms with E-state index >= 15 is 0 Å². The molecule has 0 bridgehead atoms. The summed E-state index contributed by atoms with van der Waals surface area (Å²) >= 11 is 0. The molecule has 0 unspecified atom stereocenters. The molecule has 0 aliphatic rings. The second-order valence-electron chi connectivity index (χ2n) is 3.15. The van der Waals surface area contributed by atoms with Gasteiger partial charge in [-0.15, -0.1) is 0 Å². The van der Waals surface area contributed by atoms with Crippen molar-refractivity contribution < 1.29 is 27.9 Å². The molecule has 0 saturated carbocycles. The van der Waals surface area contributed by atoms with Crippen molar-refractivity contribution in [3.8, 4) is 0 Å². The Kier molecular flexibility index (Phi) is 5.97. The number of methoxy groups -OCH3 is 1. The zero-order valence-corrected chi connectivity index (χ0v) is 9.99. The van der Waals surface area contributed by atoms with Gasteiger partial charge in [0.1, 0.15) is 0 Å². The molecule has 0 aromatic rings. The van der Waals surface area contributed by atoms with Gasteiger partial charge in [-0.1, -0.05) is 0 Å². The largest absolute Gasteiger partial charge is 0.480 e. The number of hydrogen-bond donors (Lipinski definition) is 1. The lowest BCUT2D eigenvalue weighted by atomic mass is 10.3. The average molecular weight is 253 g/mol. The Bertz CT molecular complexity index is 350. The van der Waals surface area contributed by atoms with Crippen LogP contribution in [0.3, 0.4) is 0 Å². The van der Waals surface area contributed by atoms with Crippen LogP contribution in [0.1, 0.15) is 12.8 Å². The molecule has 0 saturated heterocycles. The summed E-state index contributed by atoms with van der Waals surface area (Å²) in [6, 6.07) is 0. The zero-order valence-electron chi connectivity index (χ0n) is 9.17. The van der Waals surface area contributed by atoms with Crippen LogP contribution < -0.4 is 0 Å². The number of carboxylic acids is 1. The van der Waals surface area contributed by atoms with E-state index in [1.807, 2.05) is 0 Å². The van der Waals surface area contributed by atoms with E-state index in [9.17, 15) is 18.0 Å². The van der Waals surface area contributed by atoms with Crippen LogP contribution in [-0.4, -0.2) is 56.2 Å². The van der Waals surface area contributed by atoms with Crippen molar-refractivity contribution in [3.63, 3.8) is 0 Å². The van der Waals surface area contributed by atoms with E-state index in [1.54, 1.807) is 0 Å². The van der Waals surface area contributed by atoms with Gasteiger partial charge < -0.3 is 9.84 Å². The smallest absolute Gasteiger partial charge is 0.320 e. The van der Waals surface area contributed by atoms with Gasteiger partial charge in [-0.3, -0.25) is 9.59 Å². The fourth-order valence-electron chi connectivity index (χ4n) is 0.953. The van der Waals surface area contributed by atoms with Crippen LogP contribution in [0.5, 0.6) is 0 Å². The Morgan fingerprint density at radius 1 is 1.38 bits per heavy atom. The minimum Gasteiger partial charge on any atom is -0.480 e. The van der Waals surface area contributed by atoms with Crippen molar-refractivity contribution in [2.75, 3.05) is 26.5 Å². The molecule has 0 aromatic heterocycles. The highest BCUT2D eigenvalue weighted by atomic mass is 32.2. The van der Waals surface area contributed by atoms with E-state index in [0.717, 1.165) is 4.31 Å². The van der Waals surface area contributed by atoms with Crippen molar-refractivity contribution in [2.24, 2.45) is 0 Å². The first-order chi connectivity index (χ1) is 7.29. The van der Waals surface area contributed by atoms with Gasteiger partial charge in [-0.25, -0.2) is 12.7 Å². The summed E-state index contributed by atoms with van der Waals surface area (Å²) in [4.78, 5) is 21.0. The van der Waals surface area contributed by atoms with Crippen molar-refractivity contribution in [3.05, 3.63) is 0 Å². The second-order valence-corrected chi connectivity index (χ2v) is 5.23. The first kappa shape index (κ1) is 14.8. The fraction of sp³-hybridized carbons (Fsp3) is 0.750. The average Bonchev–Trinajstić information content (AvgIpc) is 2.15. The highest BCUT2D eigenvalue weighted by Gasteiger charge is 2.21. The number of esters is 1. The molecule has 94 valence electrons. The van der Waals surface area contributed by atoms with E-state index in [2.05, 4.69) is 4.74 Å². The highest BCUT2D eigenvalue weighted by Crippen LogP contribution is 2.01. The van der Waals surface area contributed by atoms with Gasteiger partial charge in [0, 0.05) is 20.0 Å². The van der Waals surface area contributed by atoms with Gasteiger partial charge in [0.05, 0.1) is 7.11 Å². The molecular formula is C8H15NO6S. The third-order valence-corrected chi connectivity index (χ3v) is 3.61. The van der Waals surface area contributed by atoms with E-state index in [4.69, 9.17) is 5.11 Å². The number of carbonyl (C=O) groups is 2. The summed E-state index contributed by atoms with van der Waals surface area (Å²) in [6.07, 6.45) is 0.394. The molecule has 0 fully saturated rings. The number of sulfonamides is 1. The SMILES string of the molecule is COC(=O)CCCN(C)S(=O)(=O)CC(=O)O. The van der Waals surface area contributed by atoms with Gasteiger partial charge in [-0.05, 0) is 6.42 Å². The maximum Gasteiger partial charge on any atom is 0.320 e. The minimum atomic E-state index is -3.78. The molecule has 0 aliphatic heterocycles. The van der Waals surface area contributed by atoms with Crippen LogP contribution in [0.2, 0.25) is 0 Å².